The van der Waals surface area contributed by atoms with Gasteiger partial charge in [0, 0.05) is 26.7 Å². The van der Waals surface area contributed by atoms with Crippen molar-refractivity contribution in [2.45, 2.75) is 34.1 Å². The third-order valence-corrected chi connectivity index (χ3v) is 5.04. The largest absolute Gasteiger partial charge is 0.281 e. The van der Waals surface area contributed by atoms with Gasteiger partial charge < -0.3 is 0 Å². The van der Waals surface area contributed by atoms with Crippen molar-refractivity contribution in [1.29, 1.82) is 0 Å². The third-order valence-electron chi connectivity index (χ3n) is 3.19. The topological polar surface area (TPSA) is 40.6 Å². The molecule has 16 heavy (non-hydrogen) atoms. The van der Waals surface area contributed by atoms with Crippen LogP contribution < -0.4 is 0 Å². The molecule has 1 atom stereocenters. The maximum Gasteiger partial charge on any atom is 0.281 e. The number of rotatable bonds is 3. The van der Waals surface area contributed by atoms with Gasteiger partial charge in [-0.25, -0.2) is 0 Å². The zero-order chi connectivity index (χ0) is 12.6. The molecular weight excluding hydrogens is 224 g/mol. The van der Waals surface area contributed by atoms with Crippen molar-refractivity contribution in [2.24, 2.45) is 11.3 Å². The Labute approximate surface area is 99.8 Å². The molecule has 96 valence electrons. The summed E-state index contributed by atoms with van der Waals surface area (Å²) in [5, 5.41) is 0. The van der Waals surface area contributed by atoms with Crippen molar-refractivity contribution < 1.29 is 8.42 Å². The second-order valence-electron chi connectivity index (χ2n) is 5.73. The molecule has 0 spiro atoms. The molecule has 1 aliphatic heterocycles. The van der Waals surface area contributed by atoms with Crippen LogP contribution in [0.25, 0.3) is 0 Å². The molecule has 0 aromatic heterocycles. The second-order valence-corrected chi connectivity index (χ2v) is 7.77. The summed E-state index contributed by atoms with van der Waals surface area (Å²) in [6, 6.07) is 0. The van der Waals surface area contributed by atoms with Gasteiger partial charge in [0.25, 0.3) is 10.2 Å². The summed E-state index contributed by atoms with van der Waals surface area (Å²) in [5.74, 6) is 0.414. The first-order valence-corrected chi connectivity index (χ1v) is 7.30. The van der Waals surface area contributed by atoms with Crippen LogP contribution in [0.2, 0.25) is 0 Å². The molecule has 0 radical (unpaired) electrons. The van der Waals surface area contributed by atoms with Gasteiger partial charge in [0.05, 0.1) is 0 Å². The molecule has 0 saturated carbocycles. The Morgan fingerprint density at radius 3 is 2.38 bits per heavy atom. The van der Waals surface area contributed by atoms with E-state index < -0.39 is 10.2 Å². The Balaban J connectivity index is 2.87. The molecule has 0 aliphatic carbocycles. The monoisotopic (exact) mass is 248 g/mol. The normalized spacial score (nSPS) is 27.8. The lowest BCUT2D eigenvalue weighted by atomic mass is 9.93. The van der Waals surface area contributed by atoms with Crippen LogP contribution in [0.3, 0.4) is 0 Å². The van der Waals surface area contributed by atoms with Crippen LogP contribution in [-0.4, -0.2) is 43.7 Å². The summed E-state index contributed by atoms with van der Waals surface area (Å²) in [7, 11) is -1.55. The van der Waals surface area contributed by atoms with Gasteiger partial charge in [-0.1, -0.05) is 34.1 Å². The molecule has 0 amide bonds. The summed E-state index contributed by atoms with van der Waals surface area (Å²) in [6.07, 6.45) is 1.01. The van der Waals surface area contributed by atoms with Crippen molar-refractivity contribution in [1.82, 2.24) is 8.61 Å². The minimum atomic E-state index is -3.21. The molecule has 1 unspecified atom stereocenters. The lowest BCUT2D eigenvalue weighted by molar-refractivity contribution is 0.162. The Morgan fingerprint density at radius 1 is 1.31 bits per heavy atom. The van der Waals surface area contributed by atoms with E-state index in [1.54, 1.807) is 11.4 Å². The van der Waals surface area contributed by atoms with Crippen molar-refractivity contribution >= 4 is 10.2 Å². The van der Waals surface area contributed by atoms with Crippen molar-refractivity contribution in [3.63, 3.8) is 0 Å². The lowest BCUT2D eigenvalue weighted by Crippen LogP contribution is -2.56. The molecule has 4 nitrogen and oxygen atoms in total. The standard InChI is InChI=1S/C11H24N2O2S/c1-6-10(2)7-13-9-11(3,4)8-12(5)16(13,14)15/h10H,6-9H2,1-5H3. The zero-order valence-electron chi connectivity index (χ0n) is 11.0. The SMILES string of the molecule is CCC(C)CN1CC(C)(C)CN(C)S1(=O)=O. The fraction of sp³-hybridized carbons (Fsp3) is 1.00. The maximum absolute atomic E-state index is 12.1. The van der Waals surface area contributed by atoms with Gasteiger partial charge in [-0.3, -0.25) is 0 Å². The zero-order valence-corrected chi connectivity index (χ0v) is 11.8. The molecular formula is C11H24N2O2S. The molecule has 0 N–H and O–H groups in total. The summed E-state index contributed by atoms with van der Waals surface area (Å²) >= 11 is 0. The van der Waals surface area contributed by atoms with E-state index in [1.165, 1.54) is 4.31 Å². The summed E-state index contributed by atoms with van der Waals surface area (Å²) in [5.41, 5.74) is 0.0352. The smallest absolute Gasteiger partial charge is 0.195 e. The van der Waals surface area contributed by atoms with Crippen LogP contribution in [0.5, 0.6) is 0 Å². The van der Waals surface area contributed by atoms with Crippen LogP contribution in [-0.2, 0) is 10.2 Å². The van der Waals surface area contributed by atoms with Gasteiger partial charge in [-0.05, 0) is 11.3 Å². The minimum absolute atomic E-state index is 0.0352. The molecule has 0 aromatic carbocycles. The van der Waals surface area contributed by atoms with Gasteiger partial charge in [-0.15, -0.1) is 0 Å². The number of hydrogen-bond donors (Lipinski definition) is 0. The molecule has 5 heteroatoms. The second kappa shape index (κ2) is 4.63. The molecule has 1 rings (SSSR count). The quantitative estimate of drug-likeness (QED) is 0.760. The Hall–Kier alpha value is -0.130. The van der Waals surface area contributed by atoms with E-state index in [9.17, 15) is 8.42 Å². The number of hydrogen-bond acceptors (Lipinski definition) is 2. The first-order valence-electron chi connectivity index (χ1n) is 5.90. The van der Waals surface area contributed by atoms with E-state index in [1.807, 2.05) is 0 Å². The van der Waals surface area contributed by atoms with Crippen molar-refractivity contribution in [3.05, 3.63) is 0 Å². The van der Waals surface area contributed by atoms with Crippen molar-refractivity contribution in [3.8, 4) is 0 Å². The van der Waals surface area contributed by atoms with E-state index >= 15 is 0 Å². The third kappa shape index (κ3) is 2.96. The summed E-state index contributed by atoms with van der Waals surface area (Å²) < 4.78 is 27.3. The Bertz CT molecular complexity index is 338. The van der Waals surface area contributed by atoms with Crippen LogP contribution in [0, 0.1) is 11.3 Å². The van der Waals surface area contributed by atoms with Gasteiger partial charge in [0.15, 0.2) is 0 Å². The lowest BCUT2D eigenvalue weighted by Gasteiger charge is -2.42. The average Bonchev–Trinajstić information content (AvgIpc) is 2.13. The first kappa shape index (κ1) is 13.9. The van der Waals surface area contributed by atoms with E-state index in [2.05, 4.69) is 27.7 Å². The van der Waals surface area contributed by atoms with Crippen molar-refractivity contribution in [2.75, 3.05) is 26.7 Å². The average molecular weight is 248 g/mol. The van der Waals surface area contributed by atoms with E-state index in [4.69, 9.17) is 0 Å². The molecule has 1 saturated heterocycles. The number of nitrogens with zero attached hydrogens (tertiary/aromatic N) is 2. The van der Waals surface area contributed by atoms with E-state index in [-0.39, 0.29) is 5.41 Å². The van der Waals surface area contributed by atoms with E-state index in [0.717, 1.165) is 6.42 Å². The van der Waals surface area contributed by atoms with Crippen LogP contribution in [0.15, 0.2) is 0 Å². The van der Waals surface area contributed by atoms with E-state index in [0.29, 0.717) is 25.6 Å². The van der Waals surface area contributed by atoms with Crippen LogP contribution >= 0.6 is 0 Å². The van der Waals surface area contributed by atoms with Gasteiger partial charge in [-0.2, -0.15) is 17.0 Å². The predicted octanol–water partition coefficient (Wildman–Crippen LogP) is 1.55. The fourth-order valence-corrected chi connectivity index (χ4v) is 3.99. The molecule has 1 fully saturated rings. The highest BCUT2D eigenvalue weighted by molar-refractivity contribution is 7.86. The highest BCUT2D eigenvalue weighted by atomic mass is 32.2. The highest BCUT2D eigenvalue weighted by Gasteiger charge is 2.40. The minimum Gasteiger partial charge on any atom is -0.195 e. The molecule has 1 aliphatic rings. The molecule has 0 bridgehead atoms. The van der Waals surface area contributed by atoms with Gasteiger partial charge in [0.1, 0.15) is 0 Å². The Morgan fingerprint density at radius 2 is 1.88 bits per heavy atom. The highest BCUT2D eigenvalue weighted by Crippen LogP contribution is 2.28. The maximum atomic E-state index is 12.1. The van der Waals surface area contributed by atoms with Gasteiger partial charge in [0.2, 0.25) is 0 Å². The Kier molecular flexibility index (Phi) is 4.03. The fourth-order valence-electron chi connectivity index (χ4n) is 2.13. The molecule has 0 aromatic rings. The van der Waals surface area contributed by atoms with Crippen LogP contribution in [0.1, 0.15) is 34.1 Å². The first-order chi connectivity index (χ1) is 7.19. The predicted molar refractivity (Wildman–Crippen MR) is 66.4 cm³/mol. The molecule has 1 heterocycles. The van der Waals surface area contributed by atoms with Gasteiger partial charge >= 0.3 is 0 Å². The van der Waals surface area contributed by atoms with Crippen LogP contribution in [0.4, 0.5) is 0 Å². The summed E-state index contributed by atoms with van der Waals surface area (Å²) in [6.45, 7) is 10.3. The summed E-state index contributed by atoms with van der Waals surface area (Å²) in [4.78, 5) is 0.